The second-order valence-corrected chi connectivity index (χ2v) is 4.76. The van der Waals surface area contributed by atoms with Crippen molar-refractivity contribution in [3.8, 4) is 5.88 Å². The molecule has 0 amide bonds. The minimum absolute atomic E-state index is 0.219. The molecule has 0 bridgehead atoms. The Morgan fingerprint density at radius 1 is 1.28 bits per heavy atom. The van der Waals surface area contributed by atoms with Gasteiger partial charge in [0.2, 0.25) is 5.88 Å². The highest BCUT2D eigenvalue weighted by molar-refractivity contribution is 7.80. The van der Waals surface area contributed by atoms with Crippen molar-refractivity contribution in [1.29, 1.82) is 0 Å². The van der Waals surface area contributed by atoms with E-state index in [1.807, 2.05) is 0 Å². The highest BCUT2D eigenvalue weighted by Crippen LogP contribution is 2.12. The van der Waals surface area contributed by atoms with Gasteiger partial charge in [-0.15, -0.1) is 0 Å². The molecule has 0 aromatic carbocycles. The lowest BCUT2D eigenvalue weighted by Crippen LogP contribution is -2.33. The Morgan fingerprint density at radius 3 is 2.72 bits per heavy atom. The zero-order chi connectivity index (χ0) is 12.8. The number of nitrogens with zero attached hydrogens (tertiary/aromatic N) is 3. The fourth-order valence-electron chi connectivity index (χ4n) is 2.05. The van der Waals surface area contributed by atoms with E-state index in [2.05, 4.69) is 14.9 Å². The second-order valence-electron chi connectivity index (χ2n) is 4.33. The maximum atomic E-state index is 5.62. The molecule has 0 atom stereocenters. The Kier molecular flexibility index (Phi) is 4.83. The summed E-state index contributed by atoms with van der Waals surface area (Å²) in [6.45, 7) is 3.82. The molecular weight excluding hydrogens is 248 g/mol. The van der Waals surface area contributed by atoms with Crippen LogP contribution in [0.3, 0.4) is 0 Å². The predicted molar refractivity (Wildman–Crippen MR) is 73.7 cm³/mol. The first-order valence-corrected chi connectivity index (χ1v) is 6.64. The summed E-state index contributed by atoms with van der Waals surface area (Å²) in [6.07, 6.45) is 7.05. The Bertz CT molecular complexity index is 407. The molecule has 2 N–H and O–H groups in total. The third kappa shape index (κ3) is 3.61. The smallest absolute Gasteiger partial charge is 0.243 e. The number of aromatic nitrogens is 2. The van der Waals surface area contributed by atoms with Crippen LogP contribution in [0.2, 0.25) is 0 Å². The average Bonchev–Trinajstić information content (AvgIpc) is 2.40. The highest BCUT2D eigenvalue weighted by Gasteiger charge is 2.12. The van der Waals surface area contributed by atoms with Gasteiger partial charge in [-0.1, -0.05) is 18.6 Å². The van der Waals surface area contributed by atoms with Crippen molar-refractivity contribution < 1.29 is 4.74 Å². The summed E-state index contributed by atoms with van der Waals surface area (Å²) in [4.78, 5) is 10.8. The number of thiocarbonyl (C=S) groups is 1. The molecule has 1 aliphatic rings. The fourth-order valence-corrected chi connectivity index (χ4v) is 2.19. The van der Waals surface area contributed by atoms with Gasteiger partial charge < -0.3 is 10.5 Å². The molecule has 0 unspecified atom stereocenters. The van der Waals surface area contributed by atoms with Crippen LogP contribution in [0.1, 0.15) is 25.0 Å². The second kappa shape index (κ2) is 6.61. The number of hydrogen-bond acceptors (Lipinski definition) is 5. The molecule has 2 heterocycles. The summed E-state index contributed by atoms with van der Waals surface area (Å²) in [7, 11) is 0. The third-order valence-corrected chi connectivity index (χ3v) is 3.19. The predicted octanol–water partition coefficient (Wildman–Crippen LogP) is 0.975. The van der Waals surface area contributed by atoms with E-state index in [0.29, 0.717) is 18.2 Å². The Hall–Kier alpha value is -1.27. The number of rotatable bonds is 5. The zero-order valence-corrected chi connectivity index (χ0v) is 11.2. The SMILES string of the molecule is NC(=S)c1nccnc1OCCN1CCCCC1. The number of hydrogen-bond donors (Lipinski definition) is 1. The molecule has 1 aliphatic heterocycles. The van der Waals surface area contributed by atoms with Crippen molar-refractivity contribution >= 4 is 17.2 Å². The molecule has 18 heavy (non-hydrogen) atoms. The van der Waals surface area contributed by atoms with Crippen LogP contribution < -0.4 is 10.5 Å². The third-order valence-electron chi connectivity index (χ3n) is 2.99. The van der Waals surface area contributed by atoms with Crippen LogP contribution in [-0.2, 0) is 0 Å². The molecule has 1 aromatic heterocycles. The van der Waals surface area contributed by atoms with E-state index in [1.165, 1.54) is 19.3 Å². The van der Waals surface area contributed by atoms with Gasteiger partial charge in [-0.2, -0.15) is 0 Å². The minimum Gasteiger partial charge on any atom is -0.475 e. The topological polar surface area (TPSA) is 64.3 Å². The van der Waals surface area contributed by atoms with E-state index in [1.54, 1.807) is 12.4 Å². The van der Waals surface area contributed by atoms with Crippen molar-refractivity contribution in [1.82, 2.24) is 14.9 Å². The fraction of sp³-hybridized carbons (Fsp3) is 0.583. The van der Waals surface area contributed by atoms with Crippen molar-refractivity contribution in [2.45, 2.75) is 19.3 Å². The first kappa shape index (κ1) is 13.2. The summed E-state index contributed by atoms with van der Waals surface area (Å²) in [5, 5.41) is 0. The lowest BCUT2D eigenvalue weighted by Gasteiger charge is -2.26. The van der Waals surface area contributed by atoms with Crippen LogP contribution >= 0.6 is 12.2 Å². The summed E-state index contributed by atoms with van der Waals surface area (Å²) >= 11 is 4.91. The van der Waals surface area contributed by atoms with Crippen LogP contribution in [0, 0.1) is 0 Å². The van der Waals surface area contributed by atoms with Crippen LogP contribution in [0.15, 0.2) is 12.4 Å². The van der Waals surface area contributed by atoms with Gasteiger partial charge in [0.25, 0.3) is 0 Å². The molecule has 0 saturated carbocycles. The van der Waals surface area contributed by atoms with E-state index < -0.39 is 0 Å². The molecule has 6 heteroatoms. The number of likely N-dealkylation sites (tertiary alicyclic amines) is 1. The summed E-state index contributed by atoms with van der Waals surface area (Å²) in [6, 6.07) is 0. The standard InChI is InChI=1S/C12H18N4OS/c13-11(18)10-12(15-5-4-14-10)17-9-8-16-6-2-1-3-7-16/h4-5H,1-3,6-9H2,(H2,13,18). The van der Waals surface area contributed by atoms with E-state index >= 15 is 0 Å². The van der Waals surface area contributed by atoms with Crippen LogP contribution in [0.25, 0.3) is 0 Å². The van der Waals surface area contributed by atoms with E-state index in [0.717, 1.165) is 19.6 Å². The quantitative estimate of drug-likeness (QED) is 0.801. The van der Waals surface area contributed by atoms with E-state index in [-0.39, 0.29) is 4.99 Å². The maximum Gasteiger partial charge on any atom is 0.243 e. The van der Waals surface area contributed by atoms with Crippen LogP contribution in [-0.4, -0.2) is 46.1 Å². The maximum absolute atomic E-state index is 5.62. The molecule has 1 saturated heterocycles. The van der Waals surface area contributed by atoms with Crippen molar-refractivity contribution in [3.05, 3.63) is 18.1 Å². The monoisotopic (exact) mass is 266 g/mol. The first-order valence-electron chi connectivity index (χ1n) is 6.23. The van der Waals surface area contributed by atoms with Crippen LogP contribution in [0.5, 0.6) is 5.88 Å². The summed E-state index contributed by atoms with van der Waals surface area (Å²) in [5.74, 6) is 0.432. The van der Waals surface area contributed by atoms with Crippen molar-refractivity contribution in [2.24, 2.45) is 5.73 Å². The highest BCUT2D eigenvalue weighted by atomic mass is 32.1. The summed E-state index contributed by atoms with van der Waals surface area (Å²) < 4.78 is 5.62. The van der Waals surface area contributed by atoms with Gasteiger partial charge in [0.05, 0.1) is 0 Å². The molecule has 1 fully saturated rings. The van der Waals surface area contributed by atoms with Gasteiger partial charge in [0.15, 0.2) is 5.69 Å². The molecule has 98 valence electrons. The zero-order valence-electron chi connectivity index (χ0n) is 10.3. The van der Waals surface area contributed by atoms with E-state index in [4.69, 9.17) is 22.7 Å². The average molecular weight is 266 g/mol. The van der Waals surface area contributed by atoms with Gasteiger partial charge in [0.1, 0.15) is 11.6 Å². The molecule has 1 aromatic rings. The largest absolute Gasteiger partial charge is 0.475 e. The lowest BCUT2D eigenvalue weighted by atomic mass is 10.1. The van der Waals surface area contributed by atoms with Gasteiger partial charge in [0, 0.05) is 18.9 Å². The molecule has 0 aliphatic carbocycles. The first-order chi connectivity index (χ1) is 8.77. The van der Waals surface area contributed by atoms with E-state index in [9.17, 15) is 0 Å². The molecule has 5 nitrogen and oxygen atoms in total. The van der Waals surface area contributed by atoms with Gasteiger partial charge in [-0.25, -0.2) is 9.97 Å². The van der Waals surface area contributed by atoms with Gasteiger partial charge in [-0.05, 0) is 25.9 Å². The number of nitrogens with two attached hydrogens (primary N) is 1. The van der Waals surface area contributed by atoms with Crippen molar-refractivity contribution in [2.75, 3.05) is 26.2 Å². The normalized spacial score (nSPS) is 16.4. The summed E-state index contributed by atoms with van der Waals surface area (Å²) in [5.41, 5.74) is 6.03. The van der Waals surface area contributed by atoms with Crippen molar-refractivity contribution in [3.63, 3.8) is 0 Å². The van der Waals surface area contributed by atoms with Gasteiger partial charge in [-0.3, -0.25) is 4.90 Å². The number of piperidine rings is 1. The molecular formula is C12H18N4OS. The van der Waals surface area contributed by atoms with Gasteiger partial charge >= 0.3 is 0 Å². The lowest BCUT2D eigenvalue weighted by molar-refractivity contribution is 0.180. The molecule has 2 rings (SSSR count). The molecule has 0 spiro atoms. The number of ether oxygens (including phenoxy) is 1. The Morgan fingerprint density at radius 2 is 2.00 bits per heavy atom. The van der Waals surface area contributed by atoms with Crippen LogP contribution in [0.4, 0.5) is 0 Å². The molecule has 0 radical (unpaired) electrons. The Labute approximate surface area is 112 Å². The Balaban J connectivity index is 1.84. The minimum atomic E-state index is 0.219.